The Morgan fingerprint density at radius 2 is 1.87 bits per heavy atom. The number of piperidine rings is 1. The number of rotatable bonds is 8. The smallest absolute Gasteiger partial charge is 0.246 e. The highest BCUT2D eigenvalue weighted by Gasteiger charge is 2.33. The fourth-order valence-corrected chi connectivity index (χ4v) is 5.44. The molecule has 1 aliphatic heterocycles. The molecule has 2 aromatic carbocycles. The van der Waals surface area contributed by atoms with Gasteiger partial charge in [0, 0.05) is 30.6 Å². The van der Waals surface area contributed by atoms with E-state index in [0.717, 1.165) is 6.42 Å². The van der Waals surface area contributed by atoms with Gasteiger partial charge in [-0.15, -0.1) is 0 Å². The lowest BCUT2D eigenvalue weighted by Gasteiger charge is -2.31. The highest BCUT2D eigenvalue weighted by atomic mass is 35.5. The summed E-state index contributed by atoms with van der Waals surface area (Å²) in [7, 11) is -3.75. The van der Waals surface area contributed by atoms with Crippen LogP contribution in [0, 0.1) is 5.92 Å². The molecular weight excluding hydrogens is 424 g/mol. The number of nitrogens with zero attached hydrogens (tertiary/aromatic N) is 1. The maximum absolute atomic E-state index is 13.1. The van der Waals surface area contributed by atoms with Crippen LogP contribution < -0.4 is 10.1 Å². The predicted octanol–water partition coefficient (Wildman–Crippen LogP) is 3.50. The number of amides is 1. The molecule has 0 radical (unpaired) electrons. The van der Waals surface area contributed by atoms with E-state index in [0.29, 0.717) is 36.8 Å². The minimum atomic E-state index is -3.75. The van der Waals surface area contributed by atoms with Gasteiger partial charge in [-0.3, -0.25) is 4.79 Å². The molecule has 1 heterocycles. The normalized spacial score (nSPS) is 15.7. The van der Waals surface area contributed by atoms with Crippen LogP contribution in [0.1, 0.15) is 25.3 Å². The first-order chi connectivity index (χ1) is 14.4. The number of nitrogens with one attached hydrogen (secondary N) is 1. The Hall–Kier alpha value is -2.09. The number of benzene rings is 2. The number of hydrogen-bond acceptors (Lipinski definition) is 4. The molecule has 0 spiro atoms. The minimum absolute atomic E-state index is 0.0132. The van der Waals surface area contributed by atoms with Crippen molar-refractivity contribution in [2.24, 2.45) is 5.92 Å². The van der Waals surface area contributed by atoms with Gasteiger partial charge in [0.25, 0.3) is 0 Å². The van der Waals surface area contributed by atoms with Gasteiger partial charge in [0.15, 0.2) is 0 Å². The second-order valence-corrected chi connectivity index (χ2v) is 9.57. The van der Waals surface area contributed by atoms with E-state index in [1.165, 1.54) is 15.9 Å². The quantitative estimate of drug-likeness (QED) is 0.667. The lowest BCUT2D eigenvalue weighted by Crippen LogP contribution is -2.43. The molecule has 0 saturated carbocycles. The average molecular weight is 451 g/mol. The molecule has 0 atom stereocenters. The van der Waals surface area contributed by atoms with Gasteiger partial charge in [0.05, 0.1) is 6.61 Å². The second-order valence-electron chi connectivity index (χ2n) is 7.23. The Kier molecular flexibility index (Phi) is 7.75. The Labute approximate surface area is 183 Å². The van der Waals surface area contributed by atoms with Gasteiger partial charge in [-0.25, -0.2) is 8.42 Å². The number of sulfonamides is 1. The van der Waals surface area contributed by atoms with Gasteiger partial charge in [0.2, 0.25) is 15.9 Å². The van der Waals surface area contributed by atoms with E-state index in [-0.39, 0.29) is 29.8 Å². The summed E-state index contributed by atoms with van der Waals surface area (Å²) in [6, 6.07) is 14.6. The first-order valence-electron chi connectivity index (χ1n) is 10.2. The number of halogens is 1. The maximum atomic E-state index is 13.1. The lowest BCUT2D eigenvalue weighted by atomic mass is 9.97. The van der Waals surface area contributed by atoms with Gasteiger partial charge in [-0.1, -0.05) is 41.9 Å². The summed E-state index contributed by atoms with van der Waals surface area (Å²) >= 11 is 6.03. The van der Waals surface area contributed by atoms with Crippen LogP contribution in [0.15, 0.2) is 53.4 Å². The lowest BCUT2D eigenvalue weighted by molar-refractivity contribution is -0.126. The molecular formula is C22H27ClN2O4S. The zero-order valence-corrected chi connectivity index (χ0v) is 18.6. The van der Waals surface area contributed by atoms with Crippen molar-refractivity contribution in [3.63, 3.8) is 0 Å². The first kappa shape index (κ1) is 22.6. The van der Waals surface area contributed by atoms with Crippen molar-refractivity contribution in [3.8, 4) is 5.75 Å². The van der Waals surface area contributed by atoms with Gasteiger partial charge in [-0.2, -0.15) is 4.31 Å². The van der Waals surface area contributed by atoms with E-state index < -0.39 is 10.0 Å². The van der Waals surface area contributed by atoms with Crippen molar-refractivity contribution < 1.29 is 17.9 Å². The molecule has 1 saturated heterocycles. The summed E-state index contributed by atoms with van der Waals surface area (Å²) in [6.07, 6.45) is 1.75. The van der Waals surface area contributed by atoms with Gasteiger partial charge >= 0.3 is 0 Å². The van der Waals surface area contributed by atoms with Crippen LogP contribution in [0.5, 0.6) is 5.75 Å². The molecule has 1 fully saturated rings. The number of carbonyl (C=O) groups is 1. The van der Waals surface area contributed by atoms with Gasteiger partial charge in [0.1, 0.15) is 10.6 Å². The third-order valence-electron chi connectivity index (χ3n) is 5.20. The third kappa shape index (κ3) is 5.53. The molecule has 2 aromatic rings. The molecule has 0 unspecified atom stereocenters. The molecule has 1 N–H and O–H groups in total. The van der Waals surface area contributed by atoms with E-state index in [1.54, 1.807) is 19.1 Å². The van der Waals surface area contributed by atoms with Crippen LogP contribution in [0.4, 0.5) is 0 Å². The number of ether oxygens (including phenoxy) is 1. The zero-order chi connectivity index (χ0) is 21.6. The average Bonchev–Trinajstić information content (AvgIpc) is 2.76. The molecule has 30 heavy (non-hydrogen) atoms. The summed E-state index contributed by atoms with van der Waals surface area (Å²) in [6.45, 7) is 3.30. The van der Waals surface area contributed by atoms with Crippen LogP contribution in [0.2, 0.25) is 5.02 Å². The molecule has 1 amide bonds. The number of carbonyl (C=O) groups excluding carboxylic acids is 1. The first-order valence-corrected chi connectivity index (χ1v) is 12.0. The van der Waals surface area contributed by atoms with Crippen molar-refractivity contribution in [1.29, 1.82) is 0 Å². The van der Waals surface area contributed by atoms with Crippen LogP contribution in [-0.4, -0.2) is 44.9 Å². The van der Waals surface area contributed by atoms with Crippen LogP contribution in [-0.2, 0) is 21.2 Å². The van der Waals surface area contributed by atoms with Crippen LogP contribution in [0.3, 0.4) is 0 Å². The van der Waals surface area contributed by atoms with Crippen molar-refractivity contribution in [3.05, 3.63) is 59.1 Å². The summed E-state index contributed by atoms with van der Waals surface area (Å²) in [5.41, 5.74) is 1.17. The molecule has 162 valence electrons. The minimum Gasteiger partial charge on any atom is -0.492 e. The highest BCUT2D eigenvalue weighted by molar-refractivity contribution is 7.89. The monoisotopic (exact) mass is 450 g/mol. The van der Waals surface area contributed by atoms with Crippen molar-refractivity contribution in [1.82, 2.24) is 9.62 Å². The van der Waals surface area contributed by atoms with E-state index in [1.807, 2.05) is 30.3 Å². The standard InChI is InChI=1S/C22H27ClN2O4S/c1-2-29-20-9-8-19(23)16-21(20)30(27,28)25-14-11-18(12-15-25)22(26)24-13-10-17-6-4-3-5-7-17/h3-9,16,18H,2,10-15H2,1H3,(H,24,26). The van der Waals surface area contributed by atoms with Gasteiger partial charge in [-0.05, 0) is 49.9 Å². The maximum Gasteiger partial charge on any atom is 0.246 e. The zero-order valence-electron chi connectivity index (χ0n) is 17.0. The van der Waals surface area contributed by atoms with Crippen LogP contribution >= 0.6 is 11.6 Å². The molecule has 1 aliphatic rings. The fourth-order valence-electron chi connectivity index (χ4n) is 3.57. The Balaban J connectivity index is 1.57. The van der Waals surface area contributed by atoms with Crippen LogP contribution in [0.25, 0.3) is 0 Å². The topological polar surface area (TPSA) is 75.7 Å². The third-order valence-corrected chi connectivity index (χ3v) is 7.36. The molecule has 6 nitrogen and oxygen atoms in total. The van der Waals surface area contributed by atoms with E-state index >= 15 is 0 Å². The van der Waals surface area contributed by atoms with Crippen molar-refractivity contribution in [2.75, 3.05) is 26.2 Å². The Morgan fingerprint density at radius 1 is 1.17 bits per heavy atom. The molecule has 8 heteroatoms. The summed E-state index contributed by atoms with van der Waals surface area (Å²) in [5.74, 6) is 0.0985. The largest absolute Gasteiger partial charge is 0.492 e. The summed E-state index contributed by atoms with van der Waals surface area (Å²) in [5, 5.41) is 3.31. The Bertz CT molecular complexity index is 958. The number of hydrogen-bond donors (Lipinski definition) is 1. The molecule has 0 aromatic heterocycles. The van der Waals surface area contributed by atoms with Gasteiger partial charge < -0.3 is 10.1 Å². The highest BCUT2D eigenvalue weighted by Crippen LogP contribution is 2.32. The van der Waals surface area contributed by atoms with Crippen molar-refractivity contribution >= 4 is 27.5 Å². The van der Waals surface area contributed by atoms with E-state index in [9.17, 15) is 13.2 Å². The molecule has 0 aliphatic carbocycles. The predicted molar refractivity (Wildman–Crippen MR) is 117 cm³/mol. The SMILES string of the molecule is CCOc1ccc(Cl)cc1S(=O)(=O)N1CCC(C(=O)NCCc2ccccc2)CC1. The fraction of sp³-hybridized carbons (Fsp3) is 0.409. The van der Waals surface area contributed by atoms with E-state index in [2.05, 4.69) is 5.32 Å². The molecule has 0 bridgehead atoms. The summed E-state index contributed by atoms with van der Waals surface area (Å²) < 4.78 is 33.1. The Morgan fingerprint density at radius 3 is 2.53 bits per heavy atom. The van der Waals surface area contributed by atoms with Crippen molar-refractivity contribution in [2.45, 2.75) is 31.1 Å². The second kappa shape index (κ2) is 10.3. The molecule has 3 rings (SSSR count). The van der Waals surface area contributed by atoms with E-state index in [4.69, 9.17) is 16.3 Å². The summed E-state index contributed by atoms with van der Waals surface area (Å²) in [4.78, 5) is 12.6.